The van der Waals surface area contributed by atoms with Gasteiger partial charge in [-0.1, -0.05) is 12.8 Å². The second-order valence-electron chi connectivity index (χ2n) is 5.33. The van der Waals surface area contributed by atoms with Crippen molar-refractivity contribution in [2.45, 2.75) is 31.8 Å². The molecular formula is C15H19F2NO3. The van der Waals surface area contributed by atoms with Gasteiger partial charge in [-0.25, -0.2) is 8.78 Å². The third kappa shape index (κ3) is 5.67. The third-order valence-corrected chi connectivity index (χ3v) is 3.34. The molecule has 0 spiro atoms. The monoisotopic (exact) mass is 299 g/mol. The van der Waals surface area contributed by atoms with Crippen molar-refractivity contribution in [1.82, 2.24) is 5.32 Å². The van der Waals surface area contributed by atoms with Gasteiger partial charge in [0.2, 0.25) is 5.91 Å². The van der Waals surface area contributed by atoms with Crippen LogP contribution in [0.5, 0.6) is 5.75 Å². The van der Waals surface area contributed by atoms with Crippen molar-refractivity contribution in [1.29, 1.82) is 0 Å². The molecule has 0 bridgehead atoms. The molecule has 0 saturated heterocycles. The number of aliphatic hydroxyl groups is 1. The molecule has 1 amide bonds. The van der Waals surface area contributed by atoms with E-state index in [0.29, 0.717) is 12.3 Å². The maximum atomic E-state index is 12.9. The number of ether oxygens (including phenoxy) is 1. The Morgan fingerprint density at radius 2 is 2.14 bits per heavy atom. The van der Waals surface area contributed by atoms with E-state index in [-0.39, 0.29) is 24.8 Å². The summed E-state index contributed by atoms with van der Waals surface area (Å²) in [5, 5.41) is 12.3. The van der Waals surface area contributed by atoms with Gasteiger partial charge in [0.1, 0.15) is 18.5 Å². The van der Waals surface area contributed by atoms with Crippen molar-refractivity contribution in [3.63, 3.8) is 0 Å². The summed E-state index contributed by atoms with van der Waals surface area (Å²) in [5.41, 5.74) is 0. The van der Waals surface area contributed by atoms with Crippen molar-refractivity contribution in [3.05, 3.63) is 29.8 Å². The van der Waals surface area contributed by atoms with E-state index in [2.05, 4.69) is 5.32 Å². The van der Waals surface area contributed by atoms with Crippen molar-refractivity contribution in [3.8, 4) is 5.75 Å². The highest BCUT2D eigenvalue weighted by Crippen LogP contribution is 2.33. The second kappa shape index (κ2) is 7.36. The normalized spacial score (nSPS) is 15.6. The quantitative estimate of drug-likeness (QED) is 0.772. The Kier molecular flexibility index (Phi) is 5.50. The van der Waals surface area contributed by atoms with Gasteiger partial charge in [-0.15, -0.1) is 0 Å². The highest BCUT2D eigenvalue weighted by atomic mass is 19.2. The van der Waals surface area contributed by atoms with Gasteiger partial charge in [0.15, 0.2) is 11.6 Å². The predicted molar refractivity (Wildman–Crippen MR) is 72.8 cm³/mol. The molecule has 0 aliphatic heterocycles. The molecule has 4 nitrogen and oxygen atoms in total. The van der Waals surface area contributed by atoms with Gasteiger partial charge in [0.05, 0.1) is 0 Å². The zero-order chi connectivity index (χ0) is 15.2. The van der Waals surface area contributed by atoms with E-state index in [9.17, 15) is 18.7 Å². The zero-order valence-electron chi connectivity index (χ0n) is 11.6. The van der Waals surface area contributed by atoms with E-state index in [1.165, 1.54) is 18.9 Å². The molecule has 21 heavy (non-hydrogen) atoms. The average Bonchev–Trinajstić information content (AvgIpc) is 3.28. The van der Waals surface area contributed by atoms with Crippen LogP contribution < -0.4 is 10.1 Å². The molecule has 1 aromatic rings. The minimum Gasteiger partial charge on any atom is -0.491 e. The van der Waals surface area contributed by atoms with E-state index in [0.717, 1.165) is 18.6 Å². The van der Waals surface area contributed by atoms with Crippen LogP contribution in [-0.2, 0) is 4.79 Å². The molecule has 1 atom stereocenters. The molecule has 1 saturated carbocycles. The van der Waals surface area contributed by atoms with Gasteiger partial charge in [0.25, 0.3) is 0 Å². The first-order valence-electron chi connectivity index (χ1n) is 7.07. The van der Waals surface area contributed by atoms with E-state index in [4.69, 9.17) is 4.74 Å². The summed E-state index contributed by atoms with van der Waals surface area (Å²) in [6, 6.07) is 3.15. The van der Waals surface area contributed by atoms with E-state index in [1.54, 1.807) is 0 Å². The van der Waals surface area contributed by atoms with Crippen molar-refractivity contribution in [2.24, 2.45) is 5.92 Å². The second-order valence-corrected chi connectivity index (χ2v) is 5.33. The number of carbonyl (C=O) groups excluding carboxylic acids is 1. The Balaban J connectivity index is 1.62. The standard InChI is InChI=1S/C15H19F2NO3/c16-13-5-4-12(7-14(13)17)21-9-11(19)8-18-15(20)6-3-10-1-2-10/h4-5,7,10-11,19H,1-3,6,8-9H2,(H,18,20). The first-order chi connectivity index (χ1) is 10.0. The summed E-state index contributed by atoms with van der Waals surface area (Å²) < 4.78 is 30.8. The first kappa shape index (κ1) is 15.7. The Labute approximate surface area is 122 Å². The van der Waals surface area contributed by atoms with Gasteiger partial charge >= 0.3 is 0 Å². The van der Waals surface area contributed by atoms with Crippen LogP contribution in [0.4, 0.5) is 8.78 Å². The Bertz CT molecular complexity index is 492. The van der Waals surface area contributed by atoms with Crippen LogP contribution in [0.1, 0.15) is 25.7 Å². The smallest absolute Gasteiger partial charge is 0.220 e. The van der Waals surface area contributed by atoms with Gasteiger partial charge < -0.3 is 15.2 Å². The fraction of sp³-hybridized carbons (Fsp3) is 0.533. The lowest BCUT2D eigenvalue weighted by Crippen LogP contribution is -2.35. The van der Waals surface area contributed by atoms with Crippen molar-refractivity contribution in [2.75, 3.05) is 13.2 Å². The Morgan fingerprint density at radius 1 is 1.38 bits per heavy atom. The molecule has 2 N–H and O–H groups in total. The molecule has 0 heterocycles. The summed E-state index contributed by atoms with van der Waals surface area (Å²) in [7, 11) is 0. The topological polar surface area (TPSA) is 58.6 Å². The molecule has 2 rings (SSSR count). The minimum absolute atomic E-state index is 0.0766. The maximum absolute atomic E-state index is 12.9. The predicted octanol–water partition coefficient (Wildman–Crippen LogP) is 2.01. The van der Waals surface area contributed by atoms with Crippen LogP contribution in [0.25, 0.3) is 0 Å². The third-order valence-electron chi connectivity index (χ3n) is 3.34. The number of hydrogen-bond acceptors (Lipinski definition) is 3. The van der Waals surface area contributed by atoms with E-state index < -0.39 is 17.7 Å². The summed E-state index contributed by atoms with van der Waals surface area (Å²) in [6.07, 6.45) is 2.88. The molecule has 1 unspecified atom stereocenters. The number of hydrogen-bond donors (Lipinski definition) is 2. The van der Waals surface area contributed by atoms with Gasteiger partial charge in [0, 0.05) is 19.0 Å². The van der Waals surface area contributed by atoms with Gasteiger partial charge in [-0.2, -0.15) is 0 Å². The molecule has 1 aromatic carbocycles. The SMILES string of the molecule is O=C(CCC1CC1)NCC(O)COc1ccc(F)c(F)c1. The highest BCUT2D eigenvalue weighted by molar-refractivity contribution is 5.75. The van der Waals surface area contributed by atoms with Crippen LogP contribution in [0, 0.1) is 17.6 Å². The molecule has 6 heteroatoms. The lowest BCUT2D eigenvalue weighted by Gasteiger charge is -2.13. The van der Waals surface area contributed by atoms with Crippen LogP contribution in [0.3, 0.4) is 0 Å². The molecule has 1 aliphatic carbocycles. The zero-order valence-corrected chi connectivity index (χ0v) is 11.6. The summed E-state index contributed by atoms with van der Waals surface area (Å²) >= 11 is 0. The van der Waals surface area contributed by atoms with Crippen LogP contribution in [0.2, 0.25) is 0 Å². The number of rotatable bonds is 8. The molecule has 1 fully saturated rings. The fourth-order valence-corrected chi connectivity index (χ4v) is 1.88. The largest absolute Gasteiger partial charge is 0.491 e. The minimum atomic E-state index is -1.00. The molecular weight excluding hydrogens is 280 g/mol. The van der Waals surface area contributed by atoms with Crippen LogP contribution >= 0.6 is 0 Å². The number of benzene rings is 1. The number of nitrogens with one attached hydrogen (secondary N) is 1. The maximum Gasteiger partial charge on any atom is 0.220 e. The fourth-order valence-electron chi connectivity index (χ4n) is 1.88. The molecule has 0 aromatic heterocycles. The lowest BCUT2D eigenvalue weighted by molar-refractivity contribution is -0.121. The van der Waals surface area contributed by atoms with Crippen molar-refractivity contribution >= 4 is 5.91 Å². The number of aliphatic hydroxyl groups excluding tert-OH is 1. The molecule has 0 radical (unpaired) electrons. The van der Waals surface area contributed by atoms with Crippen molar-refractivity contribution < 1.29 is 23.4 Å². The number of halogens is 2. The van der Waals surface area contributed by atoms with Crippen LogP contribution in [0.15, 0.2) is 18.2 Å². The number of amides is 1. The van der Waals surface area contributed by atoms with Gasteiger partial charge in [-0.3, -0.25) is 4.79 Å². The Hall–Kier alpha value is -1.69. The molecule has 116 valence electrons. The van der Waals surface area contributed by atoms with E-state index in [1.807, 2.05) is 0 Å². The number of carbonyl (C=O) groups is 1. The average molecular weight is 299 g/mol. The van der Waals surface area contributed by atoms with Gasteiger partial charge in [-0.05, 0) is 24.5 Å². The Morgan fingerprint density at radius 3 is 2.81 bits per heavy atom. The summed E-state index contributed by atoms with van der Waals surface area (Å²) in [6.45, 7) is -0.0266. The lowest BCUT2D eigenvalue weighted by atomic mass is 10.2. The van der Waals surface area contributed by atoms with Crippen LogP contribution in [-0.4, -0.2) is 30.3 Å². The summed E-state index contributed by atoms with van der Waals surface area (Å²) in [5.74, 6) is -1.22. The van der Waals surface area contributed by atoms with E-state index >= 15 is 0 Å². The first-order valence-corrected chi connectivity index (χ1v) is 7.07. The molecule has 1 aliphatic rings. The highest BCUT2D eigenvalue weighted by Gasteiger charge is 2.21. The summed E-state index contributed by atoms with van der Waals surface area (Å²) in [4.78, 5) is 11.5.